The van der Waals surface area contributed by atoms with Crippen LogP contribution in [0.2, 0.25) is 5.02 Å². The number of hydrogen-bond donors (Lipinski definition) is 1. The normalized spacial score (nSPS) is 16.3. The summed E-state index contributed by atoms with van der Waals surface area (Å²) in [5.74, 6) is -0.310. The summed E-state index contributed by atoms with van der Waals surface area (Å²) in [5.41, 5.74) is 6.50. The average Bonchev–Trinajstić information content (AvgIpc) is 2.74. The molecule has 2 N–H and O–H groups in total. The first-order valence-corrected chi connectivity index (χ1v) is 5.80. The van der Waals surface area contributed by atoms with E-state index in [9.17, 15) is 4.79 Å². The van der Waals surface area contributed by atoms with Gasteiger partial charge in [0.15, 0.2) is 0 Å². The number of ether oxygens (including phenoxy) is 1. The maximum Gasteiger partial charge on any atom is 0.338 e. The molecule has 1 saturated carbocycles. The van der Waals surface area contributed by atoms with Crippen LogP contribution in [0.3, 0.4) is 0 Å². The molecular formula is C12H14ClNO2. The number of halogens is 1. The molecule has 0 bridgehead atoms. The van der Waals surface area contributed by atoms with Crippen LogP contribution in [-0.2, 0) is 4.74 Å². The van der Waals surface area contributed by atoms with Crippen LogP contribution in [0.5, 0.6) is 0 Å². The van der Waals surface area contributed by atoms with Gasteiger partial charge in [-0.1, -0.05) is 11.6 Å². The number of nitrogens with two attached hydrogens (primary N) is 1. The minimum atomic E-state index is -0.310. The van der Waals surface area contributed by atoms with Crippen LogP contribution in [0.4, 0.5) is 5.69 Å². The van der Waals surface area contributed by atoms with Gasteiger partial charge in [-0.2, -0.15) is 0 Å². The molecule has 4 heteroatoms. The van der Waals surface area contributed by atoms with Crippen molar-refractivity contribution in [3.8, 4) is 0 Å². The van der Waals surface area contributed by atoms with Crippen molar-refractivity contribution in [2.24, 2.45) is 0 Å². The average molecular weight is 240 g/mol. The van der Waals surface area contributed by atoms with Crippen LogP contribution in [0, 0.1) is 0 Å². The number of carbonyl (C=O) groups is 1. The highest BCUT2D eigenvalue weighted by Gasteiger charge is 2.20. The Bertz CT molecular complexity index is 400. The molecule has 0 saturated heterocycles. The van der Waals surface area contributed by atoms with Crippen LogP contribution in [-0.4, -0.2) is 12.1 Å². The lowest BCUT2D eigenvalue weighted by atomic mass is 10.2. The lowest BCUT2D eigenvalue weighted by molar-refractivity contribution is 0.0318. The fraction of sp³-hybridized carbons (Fsp3) is 0.417. The highest BCUT2D eigenvalue weighted by molar-refractivity contribution is 6.33. The van der Waals surface area contributed by atoms with Gasteiger partial charge in [-0.25, -0.2) is 4.79 Å². The van der Waals surface area contributed by atoms with E-state index in [1.165, 1.54) is 0 Å². The molecule has 16 heavy (non-hydrogen) atoms. The molecule has 3 nitrogen and oxygen atoms in total. The third kappa shape index (κ3) is 2.47. The summed E-state index contributed by atoms with van der Waals surface area (Å²) in [6.45, 7) is 0. The Balaban J connectivity index is 2.05. The van der Waals surface area contributed by atoms with E-state index in [0.717, 1.165) is 25.7 Å². The first-order chi connectivity index (χ1) is 7.66. The van der Waals surface area contributed by atoms with Crippen molar-refractivity contribution in [3.05, 3.63) is 28.8 Å². The van der Waals surface area contributed by atoms with Gasteiger partial charge in [0, 0.05) is 0 Å². The topological polar surface area (TPSA) is 52.3 Å². The quantitative estimate of drug-likeness (QED) is 0.638. The van der Waals surface area contributed by atoms with E-state index < -0.39 is 0 Å². The van der Waals surface area contributed by atoms with Gasteiger partial charge < -0.3 is 10.5 Å². The van der Waals surface area contributed by atoms with E-state index in [0.29, 0.717) is 16.3 Å². The monoisotopic (exact) mass is 239 g/mol. The van der Waals surface area contributed by atoms with Gasteiger partial charge in [-0.3, -0.25) is 0 Å². The molecule has 0 atom stereocenters. The first kappa shape index (κ1) is 11.3. The van der Waals surface area contributed by atoms with E-state index in [-0.39, 0.29) is 12.1 Å². The molecule has 0 radical (unpaired) electrons. The highest BCUT2D eigenvalue weighted by Crippen LogP contribution is 2.24. The second-order valence-corrected chi connectivity index (χ2v) is 4.46. The Hall–Kier alpha value is -1.22. The lowest BCUT2D eigenvalue weighted by Gasteiger charge is -2.11. The van der Waals surface area contributed by atoms with Gasteiger partial charge in [0.05, 0.1) is 16.3 Å². The lowest BCUT2D eigenvalue weighted by Crippen LogP contribution is -2.14. The van der Waals surface area contributed by atoms with E-state index in [1.807, 2.05) is 0 Å². The van der Waals surface area contributed by atoms with Crippen molar-refractivity contribution < 1.29 is 9.53 Å². The minimum absolute atomic E-state index is 0.0735. The SMILES string of the molecule is Nc1cc(C(=O)OC2CCCC2)ccc1Cl. The van der Waals surface area contributed by atoms with Gasteiger partial charge in [-0.05, 0) is 43.9 Å². The van der Waals surface area contributed by atoms with Crippen molar-refractivity contribution in [1.82, 2.24) is 0 Å². The van der Waals surface area contributed by atoms with E-state index >= 15 is 0 Å². The highest BCUT2D eigenvalue weighted by atomic mass is 35.5. The molecule has 1 aliphatic carbocycles. The molecule has 1 aliphatic rings. The van der Waals surface area contributed by atoms with E-state index in [2.05, 4.69) is 0 Å². The van der Waals surface area contributed by atoms with E-state index in [4.69, 9.17) is 22.1 Å². The van der Waals surface area contributed by atoms with Gasteiger partial charge in [0.1, 0.15) is 6.10 Å². The maximum absolute atomic E-state index is 11.7. The summed E-state index contributed by atoms with van der Waals surface area (Å²) in [6.07, 6.45) is 4.29. The largest absolute Gasteiger partial charge is 0.459 e. The zero-order valence-corrected chi connectivity index (χ0v) is 9.67. The molecule has 1 fully saturated rings. The summed E-state index contributed by atoms with van der Waals surface area (Å²) in [4.78, 5) is 11.7. The van der Waals surface area contributed by atoms with Crippen LogP contribution < -0.4 is 5.73 Å². The predicted molar refractivity (Wildman–Crippen MR) is 63.5 cm³/mol. The Morgan fingerprint density at radius 2 is 2.06 bits per heavy atom. The molecule has 1 aromatic rings. The number of rotatable bonds is 2. The first-order valence-electron chi connectivity index (χ1n) is 5.43. The molecule has 0 heterocycles. The maximum atomic E-state index is 11.7. The number of benzene rings is 1. The summed E-state index contributed by atoms with van der Waals surface area (Å²) < 4.78 is 5.35. The predicted octanol–water partition coefficient (Wildman–Crippen LogP) is 3.02. The summed E-state index contributed by atoms with van der Waals surface area (Å²) in [7, 11) is 0. The zero-order chi connectivity index (χ0) is 11.5. The van der Waals surface area contributed by atoms with E-state index in [1.54, 1.807) is 18.2 Å². The zero-order valence-electron chi connectivity index (χ0n) is 8.91. The van der Waals surface area contributed by atoms with Crippen LogP contribution in [0.1, 0.15) is 36.0 Å². The fourth-order valence-electron chi connectivity index (χ4n) is 1.90. The smallest absolute Gasteiger partial charge is 0.338 e. The molecule has 86 valence electrons. The van der Waals surface area contributed by atoms with Crippen LogP contribution >= 0.6 is 11.6 Å². The van der Waals surface area contributed by atoms with Gasteiger partial charge >= 0.3 is 5.97 Å². The summed E-state index contributed by atoms with van der Waals surface area (Å²) >= 11 is 5.78. The van der Waals surface area contributed by atoms with Crippen LogP contribution in [0.15, 0.2) is 18.2 Å². The molecule has 1 aromatic carbocycles. The summed E-state index contributed by atoms with van der Waals surface area (Å²) in [5, 5.41) is 0.456. The number of hydrogen-bond acceptors (Lipinski definition) is 3. The number of carbonyl (C=O) groups excluding carboxylic acids is 1. The number of nitrogen functional groups attached to an aromatic ring is 1. The Morgan fingerprint density at radius 3 is 2.69 bits per heavy atom. The number of esters is 1. The number of anilines is 1. The third-order valence-corrected chi connectivity index (χ3v) is 3.15. The molecule has 0 aliphatic heterocycles. The minimum Gasteiger partial charge on any atom is -0.459 e. The second kappa shape index (κ2) is 4.74. The Kier molecular flexibility index (Phi) is 3.34. The van der Waals surface area contributed by atoms with Crippen LogP contribution in [0.25, 0.3) is 0 Å². The van der Waals surface area contributed by atoms with Gasteiger partial charge in [-0.15, -0.1) is 0 Å². The fourth-order valence-corrected chi connectivity index (χ4v) is 2.01. The summed E-state index contributed by atoms with van der Waals surface area (Å²) in [6, 6.07) is 4.80. The molecule has 2 rings (SSSR count). The standard InChI is InChI=1S/C12H14ClNO2/c13-10-6-5-8(7-11(10)14)12(15)16-9-3-1-2-4-9/h5-7,9H,1-4,14H2. The second-order valence-electron chi connectivity index (χ2n) is 4.05. The molecule has 0 spiro atoms. The van der Waals surface area contributed by atoms with Crippen molar-refractivity contribution in [1.29, 1.82) is 0 Å². The van der Waals surface area contributed by atoms with Crippen molar-refractivity contribution in [2.45, 2.75) is 31.8 Å². The van der Waals surface area contributed by atoms with Crippen molar-refractivity contribution >= 4 is 23.3 Å². The van der Waals surface area contributed by atoms with Crippen molar-refractivity contribution in [2.75, 3.05) is 5.73 Å². The van der Waals surface area contributed by atoms with Gasteiger partial charge in [0.25, 0.3) is 0 Å². The Morgan fingerprint density at radius 1 is 1.38 bits per heavy atom. The third-order valence-electron chi connectivity index (χ3n) is 2.81. The molecular weight excluding hydrogens is 226 g/mol. The Labute approximate surface area is 99.5 Å². The molecule has 0 aromatic heterocycles. The van der Waals surface area contributed by atoms with Crippen molar-refractivity contribution in [3.63, 3.8) is 0 Å². The molecule has 0 amide bonds. The molecule has 0 unspecified atom stereocenters. The van der Waals surface area contributed by atoms with Gasteiger partial charge in [0.2, 0.25) is 0 Å².